The SMILES string of the molecule is COc1ccc(NC(C)=O)cc1N(CC(=O)C(C)O)Cc1ccccc1. The lowest BCUT2D eigenvalue weighted by Crippen LogP contribution is -2.34. The van der Waals surface area contributed by atoms with E-state index in [1.165, 1.54) is 13.8 Å². The number of Topliss-reactive ketones (excluding diaryl/α,β-unsaturated/α-hetero) is 1. The molecule has 0 spiro atoms. The van der Waals surface area contributed by atoms with Crippen LogP contribution in [0.4, 0.5) is 11.4 Å². The summed E-state index contributed by atoms with van der Waals surface area (Å²) in [6.07, 6.45) is -1.06. The first-order valence-electron chi connectivity index (χ1n) is 8.36. The number of hydrogen-bond acceptors (Lipinski definition) is 5. The van der Waals surface area contributed by atoms with Crippen molar-refractivity contribution in [2.75, 3.05) is 23.9 Å². The zero-order valence-electron chi connectivity index (χ0n) is 15.2. The van der Waals surface area contributed by atoms with E-state index < -0.39 is 6.10 Å². The summed E-state index contributed by atoms with van der Waals surface area (Å²) in [5.74, 6) is 0.0946. The van der Waals surface area contributed by atoms with Gasteiger partial charge in [-0.25, -0.2) is 0 Å². The van der Waals surface area contributed by atoms with Crippen LogP contribution in [0.2, 0.25) is 0 Å². The average Bonchev–Trinajstić information content (AvgIpc) is 2.61. The molecule has 0 saturated heterocycles. The smallest absolute Gasteiger partial charge is 0.221 e. The molecule has 6 heteroatoms. The molecular formula is C20H24N2O4. The summed E-state index contributed by atoms with van der Waals surface area (Å²) in [6, 6.07) is 14.9. The Hall–Kier alpha value is -2.86. The molecule has 2 N–H and O–H groups in total. The van der Waals surface area contributed by atoms with Crippen molar-refractivity contribution < 1.29 is 19.4 Å². The molecule has 26 heavy (non-hydrogen) atoms. The molecule has 0 aliphatic heterocycles. The maximum atomic E-state index is 12.2. The van der Waals surface area contributed by atoms with E-state index in [4.69, 9.17) is 4.74 Å². The summed E-state index contributed by atoms with van der Waals surface area (Å²) in [6.45, 7) is 3.36. The maximum absolute atomic E-state index is 12.2. The minimum absolute atomic E-state index is 0.0203. The normalized spacial score (nSPS) is 11.5. The lowest BCUT2D eigenvalue weighted by atomic mass is 10.1. The van der Waals surface area contributed by atoms with Crippen molar-refractivity contribution in [3.8, 4) is 5.75 Å². The van der Waals surface area contributed by atoms with Crippen molar-refractivity contribution in [3.63, 3.8) is 0 Å². The molecule has 0 fully saturated rings. The predicted octanol–water partition coefficient (Wildman–Crippen LogP) is 2.61. The minimum Gasteiger partial charge on any atom is -0.495 e. The summed E-state index contributed by atoms with van der Waals surface area (Å²) in [5.41, 5.74) is 2.28. The molecule has 0 aliphatic rings. The first-order chi connectivity index (χ1) is 12.4. The summed E-state index contributed by atoms with van der Waals surface area (Å²) < 4.78 is 5.44. The fourth-order valence-corrected chi connectivity index (χ4v) is 2.57. The number of nitrogens with zero attached hydrogens (tertiary/aromatic N) is 1. The molecule has 0 aliphatic carbocycles. The standard InChI is InChI=1S/C20H24N2O4/c1-14(23)19(25)13-22(12-16-7-5-4-6-8-16)18-11-17(21-15(2)24)9-10-20(18)26-3/h4-11,14,23H,12-13H2,1-3H3,(H,21,24). The molecule has 0 bridgehead atoms. The number of carbonyl (C=O) groups excluding carboxylic acids is 2. The number of benzene rings is 2. The fourth-order valence-electron chi connectivity index (χ4n) is 2.57. The topological polar surface area (TPSA) is 78.9 Å². The Morgan fingerprint density at radius 1 is 1.19 bits per heavy atom. The van der Waals surface area contributed by atoms with E-state index in [9.17, 15) is 14.7 Å². The first-order valence-corrected chi connectivity index (χ1v) is 8.36. The largest absolute Gasteiger partial charge is 0.495 e. The van der Waals surface area contributed by atoms with Gasteiger partial charge in [-0.2, -0.15) is 0 Å². The third-order valence-corrected chi connectivity index (χ3v) is 3.87. The van der Waals surface area contributed by atoms with Gasteiger partial charge >= 0.3 is 0 Å². The number of aliphatic hydroxyl groups excluding tert-OH is 1. The van der Waals surface area contributed by atoms with E-state index >= 15 is 0 Å². The van der Waals surface area contributed by atoms with Gasteiger partial charge in [-0.05, 0) is 30.7 Å². The highest BCUT2D eigenvalue weighted by Crippen LogP contribution is 2.32. The number of nitrogens with one attached hydrogen (secondary N) is 1. The molecular weight excluding hydrogens is 332 g/mol. The highest BCUT2D eigenvalue weighted by Gasteiger charge is 2.19. The monoisotopic (exact) mass is 356 g/mol. The van der Waals surface area contributed by atoms with Crippen molar-refractivity contribution >= 4 is 23.1 Å². The molecule has 1 unspecified atom stereocenters. The van der Waals surface area contributed by atoms with Crippen molar-refractivity contribution in [1.82, 2.24) is 0 Å². The van der Waals surface area contributed by atoms with Crippen molar-refractivity contribution in [1.29, 1.82) is 0 Å². The molecule has 1 atom stereocenters. The number of aliphatic hydroxyl groups is 1. The van der Waals surface area contributed by atoms with Crippen LogP contribution in [-0.4, -0.2) is 36.6 Å². The number of carbonyl (C=O) groups is 2. The summed E-state index contributed by atoms with van der Waals surface area (Å²) in [4.78, 5) is 25.4. The number of ether oxygens (including phenoxy) is 1. The molecule has 138 valence electrons. The summed E-state index contributed by atoms with van der Waals surface area (Å²) in [7, 11) is 1.55. The Kier molecular flexibility index (Phi) is 6.74. The molecule has 0 saturated carbocycles. The van der Waals surface area contributed by atoms with Gasteiger partial charge < -0.3 is 20.1 Å². The Balaban J connectivity index is 2.41. The van der Waals surface area contributed by atoms with Gasteiger partial charge in [0, 0.05) is 19.2 Å². The van der Waals surface area contributed by atoms with Crippen LogP contribution in [0, 0.1) is 0 Å². The zero-order chi connectivity index (χ0) is 19.1. The lowest BCUT2D eigenvalue weighted by molar-refractivity contribution is -0.124. The fraction of sp³-hybridized carbons (Fsp3) is 0.300. The molecule has 0 aromatic heterocycles. The van der Waals surface area contributed by atoms with E-state index in [1.54, 1.807) is 25.3 Å². The first kappa shape index (κ1) is 19.5. The van der Waals surface area contributed by atoms with Crippen LogP contribution in [0.25, 0.3) is 0 Å². The summed E-state index contributed by atoms with van der Waals surface area (Å²) >= 11 is 0. The van der Waals surface area contributed by atoms with Gasteiger partial charge in [0.05, 0.1) is 19.3 Å². The van der Waals surface area contributed by atoms with Crippen LogP contribution in [0.5, 0.6) is 5.75 Å². The van der Waals surface area contributed by atoms with Crippen LogP contribution in [-0.2, 0) is 16.1 Å². The van der Waals surface area contributed by atoms with Crippen LogP contribution in [0.3, 0.4) is 0 Å². The van der Waals surface area contributed by atoms with Gasteiger partial charge in [0.15, 0.2) is 5.78 Å². The molecule has 2 aromatic rings. The van der Waals surface area contributed by atoms with Crippen LogP contribution < -0.4 is 15.0 Å². The van der Waals surface area contributed by atoms with E-state index in [0.29, 0.717) is 23.7 Å². The van der Waals surface area contributed by atoms with Gasteiger partial charge in [0.25, 0.3) is 0 Å². The quantitative estimate of drug-likeness (QED) is 0.760. The van der Waals surface area contributed by atoms with Gasteiger partial charge in [0.2, 0.25) is 5.91 Å². The highest BCUT2D eigenvalue weighted by atomic mass is 16.5. The molecule has 0 radical (unpaired) electrons. The molecule has 1 amide bonds. The number of hydrogen-bond donors (Lipinski definition) is 2. The number of rotatable bonds is 8. The second-order valence-corrected chi connectivity index (χ2v) is 6.05. The molecule has 6 nitrogen and oxygen atoms in total. The predicted molar refractivity (Wildman–Crippen MR) is 101 cm³/mol. The number of methoxy groups -OCH3 is 1. The second-order valence-electron chi connectivity index (χ2n) is 6.05. The van der Waals surface area contributed by atoms with Gasteiger partial charge in [-0.1, -0.05) is 30.3 Å². The average molecular weight is 356 g/mol. The van der Waals surface area contributed by atoms with Crippen LogP contribution in [0.1, 0.15) is 19.4 Å². The van der Waals surface area contributed by atoms with E-state index in [-0.39, 0.29) is 18.2 Å². The van der Waals surface area contributed by atoms with Crippen LogP contribution >= 0.6 is 0 Å². The lowest BCUT2D eigenvalue weighted by Gasteiger charge is -2.27. The molecule has 2 rings (SSSR count). The van der Waals surface area contributed by atoms with E-state index in [2.05, 4.69) is 5.32 Å². The Morgan fingerprint density at radius 3 is 2.46 bits per heavy atom. The van der Waals surface area contributed by atoms with E-state index in [0.717, 1.165) is 5.56 Å². The highest BCUT2D eigenvalue weighted by molar-refractivity contribution is 5.91. The number of anilines is 2. The molecule has 2 aromatic carbocycles. The summed E-state index contributed by atoms with van der Waals surface area (Å²) in [5, 5.41) is 12.4. The van der Waals surface area contributed by atoms with Gasteiger partial charge in [-0.15, -0.1) is 0 Å². The van der Waals surface area contributed by atoms with Gasteiger partial charge in [-0.3, -0.25) is 9.59 Å². The number of amides is 1. The van der Waals surface area contributed by atoms with Crippen molar-refractivity contribution in [2.45, 2.75) is 26.5 Å². The van der Waals surface area contributed by atoms with Gasteiger partial charge in [0.1, 0.15) is 11.9 Å². The zero-order valence-corrected chi connectivity index (χ0v) is 15.2. The third kappa shape index (κ3) is 5.32. The minimum atomic E-state index is -1.06. The molecule has 0 heterocycles. The third-order valence-electron chi connectivity index (χ3n) is 3.87. The Labute approximate surface area is 153 Å². The Morgan fingerprint density at radius 2 is 1.88 bits per heavy atom. The van der Waals surface area contributed by atoms with Crippen LogP contribution in [0.15, 0.2) is 48.5 Å². The maximum Gasteiger partial charge on any atom is 0.221 e. The second kappa shape index (κ2) is 9.01. The van der Waals surface area contributed by atoms with Crippen molar-refractivity contribution in [2.24, 2.45) is 0 Å². The Bertz CT molecular complexity index is 760. The van der Waals surface area contributed by atoms with Crippen molar-refractivity contribution in [3.05, 3.63) is 54.1 Å². The van der Waals surface area contributed by atoms with E-state index in [1.807, 2.05) is 35.2 Å². The number of ketones is 1.